The number of hydrogen-bond acceptors (Lipinski definition) is 5. The second-order valence-electron chi connectivity index (χ2n) is 21.4. The Hall–Kier alpha value is -1.02. The second-order valence-corrected chi connectivity index (χ2v) is 22.8. The largest absolute Gasteiger partial charge is 0.472 e. The van der Waals surface area contributed by atoms with Gasteiger partial charge in [-0.15, -0.1) is 0 Å². The molecule has 3 unspecified atom stereocenters. The van der Waals surface area contributed by atoms with Crippen LogP contribution in [0.3, 0.4) is 0 Å². The number of quaternary nitrogens is 1. The van der Waals surface area contributed by atoms with E-state index in [-0.39, 0.29) is 19.1 Å². The minimum atomic E-state index is -4.34. The van der Waals surface area contributed by atoms with Crippen molar-refractivity contribution in [2.45, 2.75) is 302 Å². The number of hydrogen-bond donors (Lipinski definition) is 3. The molecule has 1 amide bonds. The Kier molecular flexibility index (Phi) is 49.2. The van der Waals surface area contributed by atoms with Gasteiger partial charge in [0.2, 0.25) is 5.91 Å². The number of phosphoric ester groups is 1. The number of carbonyl (C=O) groups excluding carboxylic acids is 1. The zero-order chi connectivity index (χ0) is 49.2. The van der Waals surface area contributed by atoms with Crippen LogP contribution >= 0.6 is 7.82 Å². The molecule has 0 aromatic heterocycles. The number of unbranched alkanes of at least 4 members (excludes halogenated alkanes) is 39. The quantitative estimate of drug-likeness (QED) is 0.0243. The summed E-state index contributed by atoms with van der Waals surface area (Å²) in [5.41, 5.74) is 0. The van der Waals surface area contributed by atoms with E-state index in [0.717, 1.165) is 38.5 Å². The highest BCUT2D eigenvalue weighted by atomic mass is 31.2. The maximum Gasteiger partial charge on any atom is 0.472 e. The Morgan fingerprint density at radius 3 is 1.15 bits per heavy atom. The Morgan fingerprint density at radius 1 is 0.493 bits per heavy atom. The molecule has 0 aliphatic heterocycles. The monoisotopic (exact) mass is 968 g/mol. The smallest absolute Gasteiger partial charge is 0.387 e. The summed E-state index contributed by atoms with van der Waals surface area (Å²) in [5, 5.41) is 13.9. The van der Waals surface area contributed by atoms with E-state index < -0.39 is 20.0 Å². The van der Waals surface area contributed by atoms with Crippen LogP contribution in [0.4, 0.5) is 0 Å². The summed E-state index contributed by atoms with van der Waals surface area (Å²) in [6, 6.07) is -0.843. The minimum Gasteiger partial charge on any atom is -0.387 e. The van der Waals surface area contributed by atoms with Gasteiger partial charge in [-0.3, -0.25) is 13.8 Å². The zero-order valence-corrected chi connectivity index (χ0v) is 46.3. The van der Waals surface area contributed by atoms with Gasteiger partial charge in [-0.05, 0) is 44.9 Å². The summed E-state index contributed by atoms with van der Waals surface area (Å²) in [6.07, 6.45) is 62.9. The lowest BCUT2D eigenvalue weighted by molar-refractivity contribution is -0.870. The van der Waals surface area contributed by atoms with E-state index in [2.05, 4.69) is 31.3 Å². The molecule has 0 heterocycles. The van der Waals surface area contributed by atoms with Gasteiger partial charge in [-0.25, -0.2) is 4.57 Å². The van der Waals surface area contributed by atoms with E-state index in [1.807, 2.05) is 27.2 Å². The summed E-state index contributed by atoms with van der Waals surface area (Å²) >= 11 is 0. The van der Waals surface area contributed by atoms with Gasteiger partial charge in [0.05, 0.1) is 39.9 Å². The number of aliphatic hydroxyl groups excluding tert-OH is 1. The van der Waals surface area contributed by atoms with Gasteiger partial charge in [0.1, 0.15) is 13.2 Å². The third-order valence-electron chi connectivity index (χ3n) is 13.4. The third kappa shape index (κ3) is 52.6. The second kappa shape index (κ2) is 49.9. The molecule has 3 atom stereocenters. The van der Waals surface area contributed by atoms with Crippen LogP contribution in [0.25, 0.3) is 0 Å². The molecule has 0 saturated carbocycles. The van der Waals surface area contributed by atoms with E-state index >= 15 is 0 Å². The molecule has 8 nitrogen and oxygen atoms in total. The van der Waals surface area contributed by atoms with Crippen LogP contribution in [-0.2, 0) is 18.4 Å². The van der Waals surface area contributed by atoms with Crippen LogP contribution in [0, 0.1) is 0 Å². The molecule has 0 aromatic carbocycles. The van der Waals surface area contributed by atoms with Crippen molar-refractivity contribution in [3.63, 3.8) is 0 Å². The van der Waals surface area contributed by atoms with Gasteiger partial charge in [-0.1, -0.05) is 263 Å². The average Bonchev–Trinajstić information content (AvgIpc) is 3.29. The molecular formula is C58H116N2O6P+. The molecule has 67 heavy (non-hydrogen) atoms. The predicted molar refractivity (Wildman–Crippen MR) is 291 cm³/mol. The van der Waals surface area contributed by atoms with Crippen molar-refractivity contribution < 1.29 is 32.9 Å². The summed E-state index contributed by atoms with van der Waals surface area (Å²) in [7, 11) is 1.58. The van der Waals surface area contributed by atoms with Gasteiger partial charge >= 0.3 is 7.82 Å². The highest BCUT2D eigenvalue weighted by molar-refractivity contribution is 7.47. The third-order valence-corrected chi connectivity index (χ3v) is 14.4. The number of carbonyl (C=O) groups is 1. The fourth-order valence-electron chi connectivity index (χ4n) is 8.80. The summed E-state index contributed by atoms with van der Waals surface area (Å²) in [6.45, 7) is 4.84. The van der Waals surface area contributed by atoms with Crippen LogP contribution in [0.2, 0.25) is 0 Å². The first-order valence-corrected chi connectivity index (χ1v) is 30.7. The first kappa shape index (κ1) is 66.0. The van der Waals surface area contributed by atoms with E-state index in [4.69, 9.17) is 9.05 Å². The normalized spacial score (nSPS) is 14.1. The molecule has 0 aliphatic carbocycles. The molecule has 398 valence electrons. The van der Waals surface area contributed by atoms with Crippen molar-refractivity contribution in [2.75, 3.05) is 40.9 Å². The number of nitrogens with zero attached hydrogens (tertiary/aromatic N) is 1. The van der Waals surface area contributed by atoms with Crippen LogP contribution in [0.5, 0.6) is 0 Å². The molecule has 0 bridgehead atoms. The Labute approximate surface area is 417 Å². The van der Waals surface area contributed by atoms with Crippen molar-refractivity contribution in [3.05, 3.63) is 24.3 Å². The number of likely N-dealkylation sites (N-methyl/N-ethyl adjacent to an activating group) is 1. The molecular weight excluding hydrogens is 852 g/mol. The molecule has 0 aliphatic rings. The molecule has 0 aromatic rings. The van der Waals surface area contributed by atoms with Gasteiger partial charge in [0.25, 0.3) is 0 Å². The Balaban J connectivity index is 4.03. The number of phosphoric acid groups is 1. The number of allylic oxidation sites excluding steroid dienone is 3. The molecule has 3 N–H and O–H groups in total. The fraction of sp³-hybridized carbons (Fsp3) is 0.914. The lowest BCUT2D eigenvalue weighted by atomic mass is 10.0. The first-order chi connectivity index (χ1) is 32.5. The highest BCUT2D eigenvalue weighted by Crippen LogP contribution is 2.43. The van der Waals surface area contributed by atoms with Gasteiger partial charge in [-0.2, -0.15) is 0 Å². The molecule has 0 saturated heterocycles. The Bertz CT molecular complexity index is 1140. The average molecular weight is 969 g/mol. The van der Waals surface area contributed by atoms with Crippen molar-refractivity contribution >= 4 is 13.7 Å². The number of amides is 1. The standard InChI is InChI=1S/C58H115N2O6P/c1-6-8-10-12-14-16-18-20-22-23-24-25-26-27-28-29-30-31-32-33-34-35-36-37-38-40-42-44-46-48-50-52-58(62)59-56(55-66-67(63,64)65-54-53-60(3,4)5)57(61)51-49-47-45-43-41-39-21-19-17-15-13-11-9-7-2/h23-24,49,51,56-57,61H,6-22,25-48,50,52-55H2,1-5H3,(H-,59,62,63,64)/p+1/b24-23-,51-49+. The minimum absolute atomic E-state index is 0.0639. The summed E-state index contributed by atoms with van der Waals surface area (Å²) in [4.78, 5) is 23.3. The first-order valence-electron chi connectivity index (χ1n) is 29.2. The van der Waals surface area contributed by atoms with E-state index in [0.29, 0.717) is 17.4 Å². The zero-order valence-electron chi connectivity index (χ0n) is 45.4. The number of nitrogens with one attached hydrogen (secondary N) is 1. The van der Waals surface area contributed by atoms with Crippen LogP contribution < -0.4 is 5.32 Å². The van der Waals surface area contributed by atoms with E-state index in [9.17, 15) is 19.4 Å². The van der Waals surface area contributed by atoms with Crippen molar-refractivity contribution in [3.8, 4) is 0 Å². The molecule has 0 rings (SSSR count). The van der Waals surface area contributed by atoms with Gasteiger partial charge in [0, 0.05) is 6.42 Å². The maximum atomic E-state index is 13.0. The van der Waals surface area contributed by atoms with Crippen LogP contribution in [-0.4, -0.2) is 73.4 Å². The molecule has 0 fully saturated rings. The topological polar surface area (TPSA) is 105 Å². The molecule has 0 spiro atoms. The predicted octanol–water partition coefficient (Wildman–Crippen LogP) is 17.6. The number of rotatable bonds is 54. The number of aliphatic hydroxyl groups is 1. The van der Waals surface area contributed by atoms with Crippen LogP contribution in [0.15, 0.2) is 24.3 Å². The summed E-state index contributed by atoms with van der Waals surface area (Å²) in [5.74, 6) is -0.172. The molecule has 9 heteroatoms. The summed E-state index contributed by atoms with van der Waals surface area (Å²) < 4.78 is 23.7. The van der Waals surface area contributed by atoms with E-state index in [1.165, 1.54) is 231 Å². The van der Waals surface area contributed by atoms with Crippen molar-refractivity contribution in [2.24, 2.45) is 0 Å². The van der Waals surface area contributed by atoms with Crippen LogP contribution in [0.1, 0.15) is 290 Å². The lowest BCUT2D eigenvalue weighted by Crippen LogP contribution is -2.45. The van der Waals surface area contributed by atoms with Crippen molar-refractivity contribution in [1.82, 2.24) is 5.32 Å². The molecule has 0 radical (unpaired) electrons. The van der Waals surface area contributed by atoms with E-state index in [1.54, 1.807) is 6.08 Å². The van der Waals surface area contributed by atoms with Gasteiger partial charge < -0.3 is 19.8 Å². The SMILES string of the molecule is CCCCCCCCCC/C=C\CCCCCCCCCCCCCCCCCCCCCC(=O)NC(COP(=O)(O)OCC[N+](C)(C)C)C(O)/C=C/CCCCCCCCCCCCCC. The highest BCUT2D eigenvalue weighted by Gasteiger charge is 2.27. The lowest BCUT2D eigenvalue weighted by Gasteiger charge is -2.25. The van der Waals surface area contributed by atoms with Gasteiger partial charge in [0.15, 0.2) is 0 Å². The van der Waals surface area contributed by atoms with Crippen molar-refractivity contribution in [1.29, 1.82) is 0 Å². The maximum absolute atomic E-state index is 13.0. The fourth-order valence-corrected chi connectivity index (χ4v) is 9.54. The Morgan fingerprint density at radius 2 is 0.806 bits per heavy atom.